The molecule has 0 aliphatic heterocycles. The van der Waals surface area contributed by atoms with E-state index in [1.807, 2.05) is 0 Å². The number of hydrogen-bond donors (Lipinski definition) is 2. The summed E-state index contributed by atoms with van der Waals surface area (Å²) >= 11 is 4.90. The van der Waals surface area contributed by atoms with E-state index in [0.717, 1.165) is 11.3 Å². The van der Waals surface area contributed by atoms with Crippen LogP contribution < -0.4 is 10.5 Å². The number of aryl methyl sites for hydroxylation is 1. The van der Waals surface area contributed by atoms with E-state index in [0.29, 0.717) is 12.0 Å². The Kier molecular flexibility index (Phi) is 4.76. The van der Waals surface area contributed by atoms with E-state index in [-0.39, 0.29) is 16.4 Å². The lowest BCUT2D eigenvalue weighted by Crippen LogP contribution is -2.26. The van der Waals surface area contributed by atoms with E-state index in [2.05, 4.69) is 4.72 Å². The zero-order valence-corrected chi connectivity index (χ0v) is 13.1. The van der Waals surface area contributed by atoms with Gasteiger partial charge in [0.25, 0.3) is 0 Å². The number of rotatable bonds is 6. The summed E-state index contributed by atoms with van der Waals surface area (Å²) in [7, 11) is -3.55. The molecular formula is C14H16N2O3S2. The highest BCUT2D eigenvalue weighted by atomic mass is 32.2. The Morgan fingerprint density at radius 1 is 1.38 bits per heavy atom. The molecule has 112 valence electrons. The Morgan fingerprint density at radius 3 is 2.71 bits per heavy atom. The topological polar surface area (TPSA) is 85.3 Å². The highest BCUT2D eigenvalue weighted by Crippen LogP contribution is 2.15. The van der Waals surface area contributed by atoms with Gasteiger partial charge in [-0.15, -0.1) is 0 Å². The van der Waals surface area contributed by atoms with Gasteiger partial charge in [0.1, 0.15) is 10.7 Å². The van der Waals surface area contributed by atoms with Crippen molar-refractivity contribution in [3.05, 3.63) is 53.5 Å². The standard InChI is InChI=1S/C14H16N2O3S2/c1-10-9-12(4-5-13(10)14(15)20)21(17,18)16-7-6-11-3-2-8-19-11/h2-5,8-9,16H,6-7H2,1H3,(H2,15,20). The lowest BCUT2D eigenvalue weighted by atomic mass is 10.1. The van der Waals surface area contributed by atoms with Gasteiger partial charge < -0.3 is 10.2 Å². The van der Waals surface area contributed by atoms with E-state index in [1.165, 1.54) is 6.07 Å². The molecule has 0 bridgehead atoms. The molecule has 21 heavy (non-hydrogen) atoms. The van der Waals surface area contributed by atoms with E-state index in [9.17, 15) is 8.42 Å². The Morgan fingerprint density at radius 2 is 2.14 bits per heavy atom. The minimum atomic E-state index is -3.55. The van der Waals surface area contributed by atoms with Crippen LogP contribution in [-0.4, -0.2) is 20.0 Å². The molecule has 5 nitrogen and oxygen atoms in total. The van der Waals surface area contributed by atoms with Crippen LogP contribution in [0.3, 0.4) is 0 Å². The lowest BCUT2D eigenvalue weighted by Gasteiger charge is -2.09. The van der Waals surface area contributed by atoms with Gasteiger partial charge in [0.2, 0.25) is 10.0 Å². The summed E-state index contributed by atoms with van der Waals surface area (Å²) in [6.07, 6.45) is 2.05. The van der Waals surface area contributed by atoms with Gasteiger partial charge >= 0.3 is 0 Å². The third-order valence-electron chi connectivity index (χ3n) is 3.02. The first kappa shape index (κ1) is 15.7. The van der Waals surface area contributed by atoms with Crippen LogP contribution in [0, 0.1) is 6.92 Å². The summed E-state index contributed by atoms with van der Waals surface area (Å²) in [5.41, 5.74) is 6.98. The monoisotopic (exact) mass is 324 g/mol. The van der Waals surface area contributed by atoms with Crippen molar-refractivity contribution >= 4 is 27.2 Å². The van der Waals surface area contributed by atoms with Crippen LogP contribution in [0.25, 0.3) is 0 Å². The van der Waals surface area contributed by atoms with Crippen molar-refractivity contribution < 1.29 is 12.8 Å². The maximum absolute atomic E-state index is 12.2. The molecule has 0 radical (unpaired) electrons. The Bertz CT molecular complexity index is 738. The van der Waals surface area contributed by atoms with E-state index >= 15 is 0 Å². The smallest absolute Gasteiger partial charge is 0.240 e. The summed E-state index contributed by atoms with van der Waals surface area (Å²) in [6, 6.07) is 8.25. The summed E-state index contributed by atoms with van der Waals surface area (Å²) in [5.74, 6) is 0.734. The molecule has 1 aromatic heterocycles. The Labute approximate surface area is 129 Å². The van der Waals surface area contributed by atoms with Gasteiger partial charge in [0, 0.05) is 18.5 Å². The number of sulfonamides is 1. The van der Waals surface area contributed by atoms with E-state index < -0.39 is 10.0 Å². The molecule has 3 N–H and O–H groups in total. The van der Waals surface area contributed by atoms with Crippen LogP contribution in [0.5, 0.6) is 0 Å². The van der Waals surface area contributed by atoms with Crippen LogP contribution in [-0.2, 0) is 16.4 Å². The maximum Gasteiger partial charge on any atom is 0.240 e. The van der Waals surface area contributed by atoms with E-state index in [4.69, 9.17) is 22.4 Å². The van der Waals surface area contributed by atoms with E-state index in [1.54, 1.807) is 37.5 Å². The summed E-state index contributed by atoms with van der Waals surface area (Å²) < 4.78 is 32.1. The average molecular weight is 324 g/mol. The van der Waals surface area contributed by atoms with Gasteiger partial charge in [-0.05, 0) is 36.8 Å². The number of hydrogen-bond acceptors (Lipinski definition) is 4. The van der Waals surface area contributed by atoms with Crippen LogP contribution in [0.1, 0.15) is 16.9 Å². The molecule has 2 rings (SSSR count). The summed E-state index contributed by atoms with van der Waals surface area (Å²) in [5, 5.41) is 0. The van der Waals surface area contributed by atoms with Gasteiger partial charge in [-0.1, -0.05) is 18.3 Å². The fraction of sp³-hybridized carbons (Fsp3) is 0.214. The number of furan rings is 1. The fourth-order valence-corrected chi connectivity index (χ4v) is 3.27. The molecule has 0 amide bonds. The van der Waals surface area contributed by atoms with Gasteiger partial charge in [0.05, 0.1) is 11.2 Å². The molecule has 7 heteroatoms. The number of nitrogens with one attached hydrogen (secondary N) is 1. The van der Waals surface area contributed by atoms with Crippen molar-refractivity contribution in [2.75, 3.05) is 6.54 Å². The highest BCUT2D eigenvalue weighted by Gasteiger charge is 2.15. The summed E-state index contributed by atoms with van der Waals surface area (Å²) in [6.45, 7) is 2.04. The molecule has 0 fully saturated rings. The minimum Gasteiger partial charge on any atom is -0.469 e. The predicted molar refractivity (Wildman–Crippen MR) is 84.7 cm³/mol. The summed E-state index contributed by atoms with van der Waals surface area (Å²) in [4.78, 5) is 0.446. The molecule has 2 aromatic rings. The normalized spacial score (nSPS) is 11.5. The van der Waals surface area contributed by atoms with Gasteiger partial charge in [-0.25, -0.2) is 13.1 Å². The minimum absolute atomic E-state index is 0.194. The molecule has 0 atom stereocenters. The first-order valence-electron chi connectivity index (χ1n) is 6.32. The highest BCUT2D eigenvalue weighted by molar-refractivity contribution is 7.89. The van der Waals surface area contributed by atoms with Crippen molar-refractivity contribution in [1.29, 1.82) is 0 Å². The number of benzene rings is 1. The molecule has 1 aromatic carbocycles. The van der Waals surface area contributed by atoms with Gasteiger partial charge in [-0.3, -0.25) is 0 Å². The van der Waals surface area contributed by atoms with Crippen molar-refractivity contribution in [3.8, 4) is 0 Å². The van der Waals surface area contributed by atoms with Crippen LogP contribution >= 0.6 is 12.2 Å². The second-order valence-electron chi connectivity index (χ2n) is 4.57. The van der Waals surface area contributed by atoms with Crippen molar-refractivity contribution in [1.82, 2.24) is 4.72 Å². The van der Waals surface area contributed by atoms with Gasteiger partial charge in [0.15, 0.2) is 0 Å². The van der Waals surface area contributed by atoms with Crippen molar-refractivity contribution in [3.63, 3.8) is 0 Å². The Hall–Kier alpha value is -1.70. The SMILES string of the molecule is Cc1cc(S(=O)(=O)NCCc2ccco2)ccc1C(N)=S. The molecular weight excluding hydrogens is 308 g/mol. The molecule has 0 saturated carbocycles. The second kappa shape index (κ2) is 6.38. The fourth-order valence-electron chi connectivity index (χ4n) is 1.93. The molecule has 0 aliphatic carbocycles. The number of thiocarbonyl (C=S) groups is 1. The maximum atomic E-state index is 12.2. The third-order valence-corrected chi connectivity index (χ3v) is 4.70. The van der Waals surface area contributed by atoms with Crippen LogP contribution in [0.4, 0.5) is 0 Å². The Balaban J connectivity index is 2.08. The molecule has 0 unspecified atom stereocenters. The quantitative estimate of drug-likeness (QED) is 0.791. The van der Waals surface area contributed by atoms with Crippen molar-refractivity contribution in [2.24, 2.45) is 5.73 Å². The molecule has 0 spiro atoms. The third kappa shape index (κ3) is 3.90. The van der Waals surface area contributed by atoms with Crippen LogP contribution in [0.15, 0.2) is 45.9 Å². The first-order valence-corrected chi connectivity index (χ1v) is 8.22. The second-order valence-corrected chi connectivity index (χ2v) is 6.77. The first-order chi connectivity index (χ1) is 9.90. The zero-order valence-electron chi connectivity index (χ0n) is 11.5. The largest absolute Gasteiger partial charge is 0.469 e. The average Bonchev–Trinajstić information content (AvgIpc) is 2.91. The number of nitrogens with two attached hydrogens (primary N) is 1. The zero-order chi connectivity index (χ0) is 15.5. The molecule has 0 saturated heterocycles. The molecule has 0 aliphatic rings. The molecule has 1 heterocycles. The van der Waals surface area contributed by atoms with Crippen molar-refractivity contribution in [2.45, 2.75) is 18.2 Å². The predicted octanol–water partition coefficient (Wildman–Crippen LogP) is 1.74. The van der Waals surface area contributed by atoms with Crippen LogP contribution in [0.2, 0.25) is 0 Å². The van der Waals surface area contributed by atoms with Gasteiger partial charge in [-0.2, -0.15) is 0 Å². The lowest BCUT2D eigenvalue weighted by molar-refractivity contribution is 0.506.